The van der Waals surface area contributed by atoms with Crippen molar-refractivity contribution < 1.29 is 14.4 Å². The second kappa shape index (κ2) is 4.85. The van der Waals surface area contributed by atoms with Gasteiger partial charge in [0.2, 0.25) is 0 Å². The quantitative estimate of drug-likeness (QED) is 0.800. The minimum absolute atomic E-state index is 0.170. The minimum atomic E-state index is -0.257. The largest absolute Gasteiger partial charge is 0.468 e. The molecule has 19 heavy (non-hydrogen) atoms. The zero-order chi connectivity index (χ0) is 13.3. The fraction of sp³-hybridized carbons (Fsp3) is 0.467. The molecule has 0 saturated carbocycles. The molecule has 1 spiro atoms. The van der Waals surface area contributed by atoms with Crippen LogP contribution in [0.3, 0.4) is 0 Å². The Bertz CT molecular complexity index is 452. The number of carbonyl (C=O) groups excluding carboxylic acids is 1. The van der Waals surface area contributed by atoms with Gasteiger partial charge in [-0.1, -0.05) is 30.3 Å². The number of ether oxygens (including phenoxy) is 1. The third-order valence-corrected chi connectivity index (χ3v) is 4.13. The first kappa shape index (κ1) is 12.5. The number of rotatable bonds is 2. The van der Waals surface area contributed by atoms with Crippen molar-refractivity contribution >= 4 is 6.09 Å². The summed E-state index contributed by atoms with van der Waals surface area (Å²) in [5.41, 5.74) is 0.893. The van der Waals surface area contributed by atoms with Crippen LogP contribution in [0.5, 0.6) is 0 Å². The van der Waals surface area contributed by atoms with Crippen molar-refractivity contribution in [3.8, 4) is 0 Å². The molecule has 2 aliphatic rings. The third-order valence-electron chi connectivity index (χ3n) is 4.13. The summed E-state index contributed by atoms with van der Waals surface area (Å²) >= 11 is 0. The van der Waals surface area contributed by atoms with Gasteiger partial charge in [-0.15, -0.1) is 0 Å². The van der Waals surface area contributed by atoms with Gasteiger partial charge >= 0.3 is 6.09 Å². The van der Waals surface area contributed by atoms with E-state index in [1.807, 2.05) is 35.2 Å². The molecule has 3 rings (SSSR count). The van der Waals surface area contributed by atoms with Crippen LogP contribution in [0.1, 0.15) is 18.4 Å². The van der Waals surface area contributed by atoms with Crippen LogP contribution >= 0.6 is 0 Å². The highest BCUT2D eigenvalue weighted by molar-refractivity contribution is 5.70. The zero-order valence-electron chi connectivity index (χ0n) is 11.1. The van der Waals surface area contributed by atoms with Crippen LogP contribution in [0, 0.1) is 7.05 Å². The number of likely N-dealkylation sites (tertiary alicyclic amines) is 1. The van der Waals surface area contributed by atoms with E-state index in [1.165, 1.54) is 4.90 Å². The minimum Gasteiger partial charge on any atom is -0.468 e. The van der Waals surface area contributed by atoms with Crippen LogP contribution in [0.15, 0.2) is 30.3 Å². The second-order valence-corrected chi connectivity index (χ2v) is 5.64. The summed E-state index contributed by atoms with van der Waals surface area (Å²) in [4.78, 5) is 15.1. The van der Waals surface area contributed by atoms with Gasteiger partial charge in [-0.3, -0.25) is 4.90 Å². The van der Waals surface area contributed by atoms with E-state index in [-0.39, 0.29) is 11.7 Å². The van der Waals surface area contributed by atoms with Crippen molar-refractivity contribution in [3.05, 3.63) is 42.9 Å². The van der Waals surface area contributed by atoms with Gasteiger partial charge in [0.05, 0.1) is 19.6 Å². The van der Waals surface area contributed by atoms with E-state index in [2.05, 4.69) is 7.05 Å². The molecule has 1 aromatic carbocycles. The van der Waals surface area contributed by atoms with Crippen molar-refractivity contribution in [1.29, 1.82) is 0 Å². The van der Waals surface area contributed by atoms with E-state index in [1.54, 1.807) is 0 Å². The predicted molar refractivity (Wildman–Crippen MR) is 71.4 cm³/mol. The number of amides is 1. The predicted octanol–water partition coefficient (Wildman–Crippen LogP) is 0.848. The van der Waals surface area contributed by atoms with Crippen LogP contribution < -0.4 is 4.90 Å². The maximum Gasteiger partial charge on any atom is 0.410 e. The van der Waals surface area contributed by atoms with Gasteiger partial charge in [-0.2, -0.15) is 7.05 Å². The molecular weight excluding hydrogens is 240 g/mol. The van der Waals surface area contributed by atoms with Crippen molar-refractivity contribution in [2.45, 2.75) is 25.0 Å². The van der Waals surface area contributed by atoms with Gasteiger partial charge in [-0.05, 0) is 5.56 Å². The normalized spacial score (nSPS) is 30.7. The smallest absolute Gasteiger partial charge is 0.410 e. The van der Waals surface area contributed by atoms with E-state index in [0.717, 1.165) is 31.5 Å². The van der Waals surface area contributed by atoms with E-state index < -0.39 is 0 Å². The summed E-state index contributed by atoms with van der Waals surface area (Å²) < 4.78 is 5.67. The summed E-state index contributed by atoms with van der Waals surface area (Å²) in [7, 11) is 4.02. The highest BCUT2D eigenvalue weighted by Crippen LogP contribution is 2.31. The molecule has 0 bridgehead atoms. The van der Waals surface area contributed by atoms with Crippen molar-refractivity contribution in [1.82, 2.24) is 4.90 Å². The highest BCUT2D eigenvalue weighted by atomic mass is 16.6. The van der Waals surface area contributed by atoms with Gasteiger partial charge in [-0.25, -0.2) is 4.79 Å². The molecule has 2 aliphatic heterocycles. The number of piperidine rings is 1. The fourth-order valence-corrected chi connectivity index (χ4v) is 2.94. The maximum absolute atomic E-state index is 12.0. The number of carbonyl (C=O) groups is 1. The molecule has 102 valence electrons. The van der Waals surface area contributed by atoms with Gasteiger partial charge in [0.15, 0.2) is 0 Å². The molecule has 4 nitrogen and oxygen atoms in total. The van der Waals surface area contributed by atoms with Crippen molar-refractivity contribution in [3.63, 3.8) is 0 Å². The Balaban J connectivity index is 1.67. The van der Waals surface area contributed by atoms with E-state index >= 15 is 0 Å². The molecule has 1 N–H and O–H groups in total. The molecule has 0 unspecified atom stereocenters. The number of nitrogens with one attached hydrogen (secondary N) is 1. The lowest BCUT2D eigenvalue weighted by Crippen LogP contribution is -3.08. The SMILES string of the molecule is [CH2-][NH+]1CCC2(CC1)CN(Cc1ccccc1)C(=O)O2. The average molecular weight is 260 g/mol. The van der Waals surface area contributed by atoms with Crippen molar-refractivity contribution in [2.24, 2.45) is 0 Å². The molecular formula is C15H20N2O2. The maximum atomic E-state index is 12.0. The standard InChI is InChI=1S/C15H20N2O2/c1-16-9-7-15(8-10-16)12-17(14(18)19-15)11-13-5-3-2-4-6-13/h2-6,16H,1,7-12H2. The Labute approximate surface area is 113 Å². The Morgan fingerprint density at radius 1 is 1.26 bits per heavy atom. The van der Waals surface area contributed by atoms with E-state index in [4.69, 9.17) is 4.74 Å². The topological polar surface area (TPSA) is 34.0 Å². The first-order valence-electron chi connectivity index (χ1n) is 6.85. The number of benzene rings is 1. The van der Waals surface area contributed by atoms with Gasteiger partial charge < -0.3 is 9.64 Å². The molecule has 4 heteroatoms. The first-order chi connectivity index (χ1) is 9.17. The Morgan fingerprint density at radius 2 is 1.95 bits per heavy atom. The molecule has 2 saturated heterocycles. The second-order valence-electron chi connectivity index (χ2n) is 5.64. The van der Waals surface area contributed by atoms with Crippen LogP contribution in [0.25, 0.3) is 0 Å². The molecule has 1 aromatic rings. The summed E-state index contributed by atoms with van der Waals surface area (Å²) in [5.74, 6) is 0. The third kappa shape index (κ3) is 2.59. The molecule has 0 radical (unpaired) electrons. The van der Waals surface area contributed by atoms with Crippen LogP contribution in [0.4, 0.5) is 4.79 Å². The van der Waals surface area contributed by atoms with E-state index in [0.29, 0.717) is 13.1 Å². The van der Waals surface area contributed by atoms with Crippen LogP contribution in [-0.2, 0) is 11.3 Å². The average Bonchev–Trinajstić information content (AvgIpc) is 2.71. The van der Waals surface area contributed by atoms with Gasteiger partial charge in [0.1, 0.15) is 5.60 Å². The molecule has 0 aromatic heterocycles. The fourth-order valence-electron chi connectivity index (χ4n) is 2.94. The Morgan fingerprint density at radius 3 is 2.63 bits per heavy atom. The lowest BCUT2D eigenvalue weighted by atomic mass is 9.91. The van der Waals surface area contributed by atoms with Crippen molar-refractivity contribution in [2.75, 3.05) is 19.6 Å². The molecule has 2 fully saturated rings. The Hall–Kier alpha value is -1.55. The number of hydrogen-bond acceptors (Lipinski definition) is 2. The number of hydrogen-bond donors (Lipinski definition) is 1. The first-order valence-corrected chi connectivity index (χ1v) is 6.85. The van der Waals surface area contributed by atoms with Crippen LogP contribution in [0.2, 0.25) is 0 Å². The lowest BCUT2D eigenvalue weighted by molar-refractivity contribution is -0.861. The molecule has 0 aliphatic carbocycles. The highest BCUT2D eigenvalue weighted by Gasteiger charge is 2.47. The summed E-state index contributed by atoms with van der Waals surface area (Å²) in [6.45, 7) is 3.31. The summed E-state index contributed by atoms with van der Waals surface area (Å²) in [6, 6.07) is 10.1. The monoisotopic (exact) mass is 260 g/mol. The molecule has 1 amide bonds. The summed E-state index contributed by atoms with van der Waals surface area (Å²) in [5, 5.41) is 0. The van der Waals surface area contributed by atoms with Crippen LogP contribution in [-0.4, -0.2) is 36.2 Å². The van der Waals surface area contributed by atoms with Gasteiger partial charge in [0, 0.05) is 19.4 Å². The van der Waals surface area contributed by atoms with E-state index in [9.17, 15) is 4.79 Å². The molecule has 0 atom stereocenters. The number of nitrogens with zero attached hydrogens (tertiary/aromatic N) is 1. The summed E-state index contributed by atoms with van der Waals surface area (Å²) in [6.07, 6.45) is 1.67. The zero-order valence-corrected chi connectivity index (χ0v) is 11.1. The van der Waals surface area contributed by atoms with Gasteiger partial charge in [0.25, 0.3) is 0 Å². The Kier molecular flexibility index (Phi) is 3.19. The molecule has 2 heterocycles. The lowest BCUT2D eigenvalue weighted by Gasteiger charge is -2.36. The number of quaternary nitrogens is 1.